The largest absolute Gasteiger partial charge is 0.459 e. The minimum Gasteiger partial charge on any atom is -0.459 e. The second kappa shape index (κ2) is 7.37. The monoisotopic (exact) mass is 420 g/mol. The Morgan fingerprint density at radius 3 is 2.40 bits per heavy atom. The Morgan fingerprint density at radius 1 is 1.20 bits per heavy atom. The molecule has 0 saturated carbocycles. The van der Waals surface area contributed by atoms with Gasteiger partial charge in [-0.15, -0.1) is 0 Å². The number of nitrogens with zero attached hydrogens (tertiary/aromatic N) is 2. The maximum atomic E-state index is 12.8. The SMILES string of the molecule is CSC1=N[C@H](c2ccc([N+](=O)[O-])cc2)[C@H](C(=O)c2ccc(Br)cc2)O1. The number of nitro groups is 1. The van der Waals surface area contributed by atoms with Crippen molar-refractivity contribution in [2.24, 2.45) is 4.99 Å². The number of carbonyl (C=O) groups excluding carboxylic acids is 1. The van der Waals surface area contributed by atoms with Crippen LogP contribution in [-0.4, -0.2) is 28.3 Å². The fourth-order valence-electron chi connectivity index (χ4n) is 2.50. The molecule has 0 spiro atoms. The van der Waals surface area contributed by atoms with E-state index in [9.17, 15) is 14.9 Å². The lowest BCUT2D eigenvalue weighted by Gasteiger charge is -2.16. The van der Waals surface area contributed by atoms with Crippen LogP contribution < -0.4 is 0 Å². The van der Waals surface area contributed by atoms with E-state index >= 15 is 0 Å². The number of ketones is 1. The summed E-state index contributed by atoms with van der Waals surface area (Å²) in [7, 11) is 0. The summed E-state index contributed by atoms with van der Waals surface area (Å²) in [5, 5.41) is 11.2. The third-order valence-corrected chi connectivity index (χ3v) is 4.85. The number of benzene rings is 2. The number of non-ortho nitro benzene ring substituents is 1. The summed E-state index contributed by atoms with van der Waals surface area (Å²) in [5.74, 6) is -0.177. The number of halogens is 1. The molecule has 0 aromatic heterocycles. The van der Waals surface area contributed by atoms with Crippen LogP contribution in [0.1, 0.15) is 22.0 Å². The van der Waals surface area contributed by atoms with Crippen LogP contribution in [0.2, 0.25) is 0 Å². The van der Waals surface area contributed by atoms with E-state index in [1.165, 1.54) is 23.9 Å². The smallest absolute Gasteiger partial charge is 0.269 e. The van der Waals surface area contributed by atoms with Crippen molar-refractivity contribution in [2.75, 3.05) is 6.26 Å². The average molecular weight is 421 g/mol. The molecule has 25 heavy (non-hydrogen) atoms. The van der Waals surface area contributed by atoms with Gasteiger partial charge in [-0.1, -0.05) is 39.8 Å². The molecule has 0 saturated heterocycles. The van der Waals surface area contributed by atoms with Gasteiger partial charge < -0.3 is 4.74 Å². The van der Waals surface area contributed by atoms with Gasteiger partial charge in [0.25, 0.3) is 5.69 Å². The van der Waals surface area contributed by atoms with Crippen LogP contribution in [0.3, 0.4) is 0 Å². The second-order valence-electron chi connectivity index (χ2n) is 5.30. The van der Waals surface area contributed by atoms with Crippen LogP contribution >= 0.6 is 27.7 Å². The summed E-state index contributed by atoms with van der Waals surface area (Å²) < 4.78 is 6.60. The van der Waals surface area contributed by atoms with Crippen molar-refractivity contribution in [3.8, 4) is 0 Å². The van der Waals surface area contributed by atoms with Gasteiger partial charge in [0, 0.05) is 22.2 Å². The molecule has 1 aliphatic rings. The molecule has 8 heteroatoms. The minimum absolute atomic E-state index is 0.00692. The maximum Gasteiger partial charge on any atom is 0.269 e. The van der Waals surface area contributed by atoms with Crippen molar-refractivity contribution in [1.29, 1.82) is 0 Å². The summed E-state index contributed by atoms with van der Waals surface area (Å²) in [4.78, 5) is 27.6. The van der Waals surface area contributed by atoms with Crippen LogP contribution in [0, 0.1) is 10.1 Å². The second-order valence-corrected chi connectivity index (χ2v) is 6.98. The molecule has 1 heterocycles. The molecule has 0 fully saturated rings. The van der Waals surface area contributed by atoms with Crippen LogP contribution in [0.4, 0.5) is 5.69 Å². The lowest BCUT2D eigenvalue weighted by Crippen LogP contribution is -2.27. The highest BCUT2D eigenvalue weighted by molar-refractivity contribution is 9.10. The summed E-state index contributed by atoms with van der Waals surface area (Å²) in [6.07, 6.45) is 1.03. The first-order valence-corrected chi connectivity index (χ1v) is 9.34. The first kappa shape index (κ1) is 17.6. The third-order valence-electron chi connectivity index (χ3n) is 3.77. The molecule has 0 N–H and O–H groups in total. The zero-order valence-electron chi connectivity index (χ0n) is 13.1. The highest BCUT2D eigenvalue weighted by Gasteiger charge is 2.38. The highest BCUT2D eigenvalue weighted by Crippen LogP contribution is 2.34. The van der Waals surface area contributed by atoms with Crippen LogP contribution in [0.5, 0.6) is 0 Å². The van der Waals surface area contributed by atoms with Gasteiger partial charge in [0.15, 0.2) is 6.10 Å². The molecule has 6 nitrogen and oxygen atoms in total. The standard InChI is InChI=1S/C17H13BrN2O4S/c1-25-17-19-14(10-4-8-13(9-5-10)20(22)23)16(24-17)15(21)11-2-6-12(18)7-3-11/h2-9,14,16H,1H3/t14-,16-/m1/s1. The number of hydrogen-bond donors (Lipinski definition) is 0. The minimum atomic E-state index is -0.787. The number of hydrogen-bond acceptors (Lipinski definition) is 6. The number of nitro benzene ring substituents is 1. The molecule has 0 aliphatic carbocycles. The summed E-state index contributed by atoms with van der Waals surface area (Å²) >= 11 is 4.66. The predicted octanol–water partition coefficient (Wildman–Crippen LogP) is 4.40. The molecule has 0 radical (unpaired) electrons. The molecule has 0 bridgehead atoms. The molecular weight excluding hydrogens is 408 g/mol. The normalized spacial score (nSPS) is 19.2. The van der Waals surface area contributed by atoms with E-state index < -0.39 is 17.1 Å². The Labute approximate surface area is 156 Å². The number of ether oxygens (including phenoxy) is 1. The first-order valence-electron chi connectivity index (χ1n) is 7.32. The Hall–Kier alpha value is -2.19. The number of thioether (sulfide) groups is 1. The van der Waals surface area contributed by atoms with Crippen molar-refractivity contribution in [1.82, 2.24) is 0 Å². The Bertz CT molecular complexity index is 837. The predicted molar refractivity (Wildman–Crippen MR) is 100 cm³/mol. The van der Waals surface area contributed by atoms with E-state index in [0.29, 0.717) is 16.4 Å². The van der Waals surface area contributed by atoms with Crippen LogP contribution in [0.25, 0.3) is 0 Å². The van der Waals surface area contributed by atoms with Gasteiger partial charge in [-0.05, 0) is 36.1 Å². The zero-order chi connectivity index (χ0) is 18.0. The average Bonchev–Trinajstić information content (AvgIpc) is 3.06. The number of Topliss-reactive ketones (excluding diaryl/α,β-unsaturated/α-hetero) is 1. The Balaban J connectivity index is 1.91. The topological polar surface area (TPSA) is 81.8 Å². The van der Waals surface area contributed by atoms with Gasteiger partial charge in [-0.3, -0.25) is 14.9 Å². The van der Waals surface area contributed by atoms with Crippen molar-refractivity contribution < 1.29 is 14.5 Å². The summed E-state index contributed by atoms with van der Waals surface area (Å²) in [6, 6.07) is 12.5. The molecule has 3 rings (SSSR count). The van der Waals surface area contributed by atoms with Gasteiger partial charge in [-0.25, -0.2) is 4.99 Å². The first-order chi connectivity index (χ1) is 12.0. The van der Waals surface area contributed by atoms with E-state index in [2.05, 4.69) is 20.9 Å². The van der Waals surface area contributed by atoms with E-state index in [1.54, 1.807) is 36.4 Å². The van der Waals surface area contributed by atoms with Gasteiger partial charge in [0.2, 0.25) is 11.0 Å². The van der Waals surface area contributed by atoms with E-state index in [-0.39, 0.29) is 11.5 Å². The van der Waals surface area contributed by atoms with Crippen molar-refractivity contribution in [3.05, 3.63) is 74.2 Å². The van der Waals surface area contributed by atoms with E-state index in [0.717, 1.165) is 4.47 Å². The van der Waals surface area contributed by atoms with Crippen LogP contribution in [0.15, 0.2) is 58.0 Å². The fourth-order valence-corrected chi connectivity index (χ4v) is 3.19. The lowest BCUT2D eigenvalue weighted by atomic mass is 9.95. The number of aliphatic imine (C=N–C) groups is 1. The zero-order valence-corrected chi connectivity index (χ0v) is 15.5. The van der Waals surface area contributed by atoms with Crippen LogP contribution in [-0.2, 0) is 4.74 Å². The highest BCUT2D eigenvalue weighted by atomic mass is 79.9. The van der Waals surface area contributed by atoms with Crippen molar-refractivity contribution in [2.45, 2.75) is 12.1 Å². The maximum absolute atomic E-state index is 12.8. The quantitative estimate of drug-likeness (QED) is 0.415. The lowest BCUT2D eigenvalue weighted by molar-refractivity contribution is -0.384. The van der Waals surface area contributed by atoms with Gasteiger partial charge in [0.1, 0.15) is 6.04 Å². The molecule has 1 aliphatic heterocycles. The Morgan fingerprint density at radius 2 is 1.84 bits per heavy atom. The molecule has 2 aromatic rings. The summed E-state index contributed by atoms with van der Waals surface area (Å²) in [6.45, 7) is 0. The van der Waals surface area contributed by atoms with Gasteiger partial charge in [-0.2, -0.15) is 0 Å². The number of rotatable bonds is 4. The molecule has 0 amide bonds. The molecule has 2 atom stereocenters. The van der Waals surface area contributed by atoms with Crippen molar-refractivity contribution in [3.63, 3.8) is 0 Å². The van der Waals surface area contributed by atoms with Gasteiger partial charge in [0.05, 0.1) is 4.92 Å². The Kier molecular flexibility index (Phi) is 5.19. The molecule has 0 unspecified atom stereocenters. The summed E-state index contributed by atoms with van der Waals surface area (Å²) in [5.41, 5.74) is 1.22. The van der Waals surface area contributed by atoms with E-state index in [4.69, 9.17) is 4.74 Å². The molecule has 128 valence electrons. The fraction of sp³-hybridized carbons (Fsp3) is 0.176. The third kappa shape index (κ3) is 3.74. The van der Waals surface area contributed by atoms with E-state index in [1.807, 2.05) is 6.26 Å². The van der Waals surface area contributed by atoms with Crippen molar-refractivity contribution >= 4 is 44.4 Å². The number of carbonyl (C=O) groups is 1. The molecular formula is C17H13BrN2O4S. The molecule has 2 aromatic carbocycles. The van der Waals surface area contributed by atoms with Gasteiger partial charge >= 0.3 is 0 Å².